The van der Waals surface area contributed by atoms with E-state index in [0.717, 1.165) is 5.69 Å². The summed E-state index contributed by atoms with van der Waals surface area (Å²) in [4.78, 5) is 12.8. The molecule has 0 unspecified atom stereocenters. The predicted octanol–water partition coefficient (Wildman–Crippen LogP) is 2.16. The van der Waals surface area contributed by atoms with Crippen molar-refractivity contribution in [1.29, 1.82) is 0 Å². The molecule has 0 saturated carbocycles. The Labute approximate surface area is 76.2 Å². The van der Waals surface area contributed by atoms with Crippen LogP contribution in [-0.4, -0.2) is 12.6 Å². The zero-order chi connectivity index (χ0) is 9.26. The Morgan fingerprint density at radius 3 is 2.54 bits per heavy atom. The van der Waals surface area contributed by atoms with Crippen LogP contribution in [-0.2, 0) is 4.74 Å². The van der Waals surface area contributed by atoms with Gasteiger partial charge in [-0.05, 0) is 12.1 Å². The maximum Gasteiger partial charge on any atom is 0.419 e. The van der Waals surface area contributed by atoms with E-state index in [-0.39, 0.29) is 6.09 Å². The summed E-state index contributed by atoms with van der Waals surface area (Å²) in [5, 5.41) is 0. The molecular formula is C10H9NO2. The molecule has 0 bridgehead atoms. The molecule has 0 radical (unpaired) electrons. The third-order valence-electron chi connectivity index (χ3n) is 1.85. The highest BCUT2D eigenvalue weighted by atomic mass is 16.6. The van der Waals surface area contributed by atoms with Crippen LogP contribution in [0.2, 0.25) is 0 Å². The molecule has 0 spiro atoms. The van der Waals surface area contributed by atoms with Gasteiger partial charge in [-0.1, -0.05) is 24.8 Å². The summed E-state index contributed by atoms with van der Waals surface area (Å²) in [6.07, 6.45) is -0.351. The third-order valence-corrected chi connectivity index (χ3v) is 1.85. The van der Waals surface area contributed by atoms with Crippen molar-refractivity contribution in [2.24, 2.45) is 0 Å². The van der Waals surface area contributed by atoms with Crippen LogP contribution >= 0.6 is 0 Å². The fourth-order valence-electron chi connectivity index (χ4n) is 1.26. The normalized spacial score (nSPS) is 16.2. The first kappa shape index (κ1) is 7.86. The predicted molar refractivity (Wildman–Crippen MR) is 49.4 cm³/mol. The number of anilines is 1. The molecule has 1 aromatic rings. The number of carbonyl (C=O) groups is 1. The summed E-state index contributed by atoms with van der Waals surface area (Å²) in [5.74, 6) is 0.494. The highest BCUT2D eigenvalue weighted by molar-refractivity contribution is 5.91. The second-order valence-corrected chi connectivity index (χ2v) is 2.83. The van der Waals surface area contributed by atoms with E-state index in [1.54, 1.807) is 4.90 Å². The Hall–Kier alpha value is -1.77. The van der Waals surface area contributed by atoms with E-state index in [1.165, 1.54) is 0 Å². The Morgan fingerprint density at radius 1 is 1.31 bits per heavy atom. The molecule has 13 heavy (non-hydrogen) atoms. The van der Waals surface area contributed by atoms with E-state index in [0.29, 0.717) is 12.3 Å². The minimum absolute atomic E-state index is 0.351. The van der Waals surface area contributed by atoms with Crippen molar-refractivity contribution < 1.29 is 9.53 Å². The van der Waals surface area contributed by atoms with Gasteiger partial charge in [0, 0.05) is 5.69 Å². The number of para-hydroxylation sites is 1. The van der Waals surface area contributed by atoms with Gasteiger partial charge in [0.1, 0.15) is 5.76 Å². The lowest BCUT2D eigenvalue weighted by Crippen LogP contribution is -2.22. The number of amides is 1. The molecule has 0 N–H and O–H groups in total. The van der Waals surface area contributed by atoms with E-state index in [9.17, 15) is 4.79 Å². The molecule has 1 aliphatic heterocycles. The minimum Gasteiger partial charge on any atom is -0.413 e. The third kappa shape index (κ3) is 1.40. The highest BCUT2D eigenvalue weighted by Gasteiger charge is 2.26. The Kier molecular flexibility index (Phi) is 1.77. The topological polar surface area (TPSA) is 29.5 Å². The summed E-state index contributed by atoms with van der Waals surface area (Å²) < 4.78 is 4.82. The van der Waals surface area contributed by atoms with Crippen LogP contribution in [0.4, 0.5) is 10.5 Å². The van der Waals surface area contributed by atoms with Crippen LogP contribution in [0.5, 0.6) is 0 Å². The number of nitrogens with zero attached hydrogens (tertiary/aromatic N) is 1. The van der Waals surface area contributed by atoms with Crippen molar-refractivity contribution in [2.75, 3.05) is 11.4 Å². The summed E-state index contributed by atoms with van der Waals surface area (Å²) in [7, 11) is 0. The van der Waals surface area contributed by atoms with E-state index in [4.69, 9.17) is 4.74 Å². The summed E-state index contributed by atoms with van der Waals surface area (Å²) in [5.41, 5.74) is 0.839. The number of rotatable bonds is 1. The number of cyclic esters (lactones) is 1. The van der Waals surface area contributed by atoms with Crippen molar-refractivity contribution in [3.05, 3.63) is 42.7 Å². The molecule has 66 valence electrons. The number of hydrogen-bond donors (Lipinski definition) is 0. The van der Waals surface area contributed by atoms with Gasteiger partial charge in [0.15, 0.2) is 0 Å². The van der Waals surface area contributed by atoms with Crippen molar-refractivity contribution in [3.8, 4) is 0 Å². The molecule has 2 rings (SSSR count). The lowest BCUT2D eigenvalue weighted by molar-refractivity contribution is 0.199. The van der Waals surface area contributed by atoms with E-state index in [1.807, 2.05) is 30.3 Å². The van der Waals surface area contributed by atoms with E-state index >= 15 is 0 Å². The number of ether oxygens (including phenoxy) is 1. The summed E-state index contributed by atoms with van der Waals surface area (Å²) in [6.45, 7) is 4.04. The molecule has 1 heterocycles. The maximum absolute atomic E-state index is 11.2. The average molecular weight is 175 g/mol. The Morgan fingerprint density at radius 2 is 2.00 bits per heavy atom. The summed E-state index contributed by atoms with van der Waals surface area (Å²) >= 11 is 0. The first-order chi connectivity index (χ1) is 6.27. The monoisotopic (exact) mass is 175 g/mol. The second kappa shape index (κ2) is 2.94. The largest absolute Gasteiger partial charge is 0.419 e. The molecule has 1 amide bonds. The molecule has 1 saturated heterocycles. The molecule has 1 aromatic carbocycles. The van der Waals surface area contributed by atoms with Gasteiger partial charge in [0.2, 0.25) is 0 Å². The van der Waals surface area contributed by atoms with Gasteiger partial charge in [0.05, 0.1) is 6.54 Å². The van der Waals surface area contributed by atoms with Crippen LogP contribution in [0.15, 0.2) is 42.7 Å². The summed E-state index contributed by atoms with van der Waals surface area (Å²) in [6, 6.07) is 9.38. The van der Waals surface area contributed by atoms with Gasteiger partial charge in [-0.2, -0.15) is 0 Å². The SMILES string of the molecule is C=C1CN(c2ccccc2)C(=O)O1. The first-order valence-corrected chi connectivity index (χ1v) is 3.99. The zero-order valence-corrected chi connectivity index (χ0v) is 7.06. The molecule has 0 aromatic heterocycles. The van der Waals surface area contributed by atoms with Crippen molar-refractivity contribution in [3.63, 3.8) is 0 Å². The standard InChI is InChI=1S/C10H9NO2/c1-8-7-11(10(12)13-8)9-5-3-2-4-6-9/h2-6H,1,7H2. The Balaban J connectivity index is 2.28. The molecule has 0 atom stereocenters. The quantitative estimate of drug-likeness (QED) is 0.654. The van der Waals surface area contributed by atoms with E-state index in [2.05, 4.69) is 6.58 Å². The minimum atomic E-state index is -0.351. The maximum atomic E-state index is 11.2. The van der Waals surface area contributed by atoms with Gasteiger partial charge in [-0.15, -0.1) is 0 Å². The van der Waals surface area contributed by atoms with Gasteiger partial charge < -0.3 is 4.74 Å². The molecule has 1 fully saturated rings. The van der Waals surface area contributed by atoms with Crippen molar-refractivity contribution >= 4 is 11.8 Å². The molecule has 3 nitrogen and oxygen atoms in total. The number of hydrogen-bond acceptors (Lipinski definition) is 2. The second-order valence-electron chi connectivity index (χ2n) is 2.83. The molecule has 1 aliphatic rings. The Bertz CT molecular complexity index is 345. The van der Waals surface area contributed by atoms with E-state index < -0.39 is 0 Å². The zero-order valence-electron chi connectivity index (χ0n) is 7.06. The van der Waals surface area contributed by atoms with Crippen LogP contribution in [0.1, 0.15) is 0 Å². The van der Waals surface area contributed by atoms with Gasteiger partial charge in [-0.3, -0.25) is 4.90 Å². The fourth-order valence-corrected chi connectivity index (χ4v) is 1.26. The van der Waals surface area contributed by atoms with Crippen LogP contribution in [0.25, 0.3) is 0 Å². The van der Waals surface area contributed by atoms with Crippen LogP contribution in [0.3, 0.4) is 0 Å². The van der Waals surface area contributed by atoms with Crippen molar-refractivity contribution in [1.82, 2.24) is 0 Å². The smallest absolute Gasteiger partial charge is 0.413 e. The van der Waals surface area contributed by atoms with Crippen molar-refractivity contribution in [2.45, 2.75) is 0 Å². The van der Waals surface area contributed by atoms with Gasteiger partial charge in [-0.25, -0.2) is 4.79 Å². The number of carbonyl (C=O) groups excluding carboxylic acids is 1. The molecular weight excluding hydrogens is 166 g/mol. The number of benzene rings is 1. The fraction of sp³-hybridized carbons (Fsp3) is 0.100. The molecule has 3 heteroatoms. The average Bonchev–Trinajstić information content (AvgIpc) is 2.47. The lowest BCUT2D eigenvalue weighted by atomic mass is 10.3. The molecule has 0 aliphatic carbocycles. The van der Waals surface area contributed by atoms with Gasteiger partial charge in [0.25, 0.3) is 0 Å². The van der Waals surface area contributed by atoms with Gasteiger partial charge >= 0.3 is 6.09 Å². The van der Waals surface area contributed by atoms with Crippen LogP contribution < -0.4 is 4.90 Å². The van der Waals surface area contributed by atoms with Crippen LogP contribution in [0, 0.1) is 0 Å². The highest BCUT2D eigenvalue weighted by Crippen LogP contribution is 2.21. The lowest BCUT2D eigenvalue weighted by Gasteiger charge is -2.10. The first-order valence-electron chi connectivity index (χ1n) is 3.99.